The summed E-state index contributed by atoms with van der Waals surface area (Å²) in [7, 11) is 0. The Hall–Kier alpha value is -3.92. The van der Waals surface area contributed by atoms with Crippen LogP contribution < -0.4 is 26.0 Å². The molecule has 10 nitrogen and oxygen atoms in total. The second kappa shape index (κ2) is 15.3. The zero-order valence-corrected chi connectivity index (χ0v) is 24.6. The van der Waals surface area contributed by atoms with Gasteiger partial charge in [-0.3, -0.25) is 24.1 Å². The smallest absolute Gasteiger partial charge is 0.255 e. The van der Waals surface area contributed by atoms with Gasteiger partial charge in [0.1, 0.15) is 17.8 Å². The minimum atomic E-state index is -1.16. The molecular weight excluding hydrogens is 534 g/mol. The minimum absolute atomic E-state index is 0.176. The third-order valence-electron chi connectivity index (χ3n) is 7.63. The first kappa shape index (κ1) is 31.0. The number of likely N-dealkylation sites (tertiary alicyclic amines) is 1. The van der Waals surface area contributed by atoms with Gasteiger partial charge in [0.15, 0.2) is 0 Å². The molecule has 1 fully saturated rings. The van der Waals surface area contributed by atoms with Gasteiger partial charge in [0.25, 0.3) is 5.91 Å². The highest BCUT2D eigenvalue weighted by Gasteiger charge is 2.29. The molecule has 2 aromatic rings. The van der Waals surface area contributed by atoms with Crippen molar-refractivity contribution in [2.45, 2.75) is 71.1 Å². The molecule has 1 saturated heterocycles. The van der Waals surface area contributed by atoms with Gasteiger partial charge in [-0.25, -0.2) is 0 Å². The van der Waals surface area contributed by atoms with E-state index in [9.17, 15) is 19.2 Å². The van der Waals surface area contributed by atoms with E-state index < -0.39 is 29.8 Å². The van der Waals surface area contributed by atoms with Gasteiger partial charge in [-0.1, -0.05) is 56.7 Å². The van der Waals surface area contributed by atoms with Crippen molar-refractivity contribution in [1.29, 1.82) is 0 Å². The first-order valence-electron chi connectivity index (χ1n) is 15.0. The van der Waals surface area contributed by atoms with E-state index in [2.05, 4.69) is 38.3 Å². The van der Waals surface area contributed by atoms with Gasteiger partial charge in [0.2, 0.25) is 17.7 Å². The molecule has 0 spiro atoms. The first-order valence-corrected chi connectivity index (χ1v) is 15.0. The number of nitrogens with one attached hydrogen (secondary N) is 4. The van der Waals surface area contributed by atoms with Crippen LogP contribution in [0.4, 0.5) is 0 Å². The number of amides is 4. The number of nitrogens with zero attached hydrogens (tertiary/aromatic N) is 1. The van der Waals surface area contributed by atoms with Gasteiger partial charge in [-0.05, 0) is 61.5 Å². The number of benzene rings is 2. The van der Waals surface area contributed by atoms with Crippen LogP contribution in [0.5, 0.6) is 5.75 Å². The van der Waals surface area contributed by atoms with Gasteiger partial charge in [0.05, 0.1) is 18.6 Å². The van der Waals surface area contributed by atoms with Crippen LogP contribution in [0.25, 0.3) is 0 Å². The number of rotatable bonds is 6. The molecular formula is C32H43N5O5. The fraction of sp³-hybridized carbons (Fsp3) is 0.500. The Bertz CT molecular complexity index is 1230. The molecule has 0 radical (unpaired) electrons. The van der Waals surface area contributed by atoms with E-state index in [1.54, 1.807) is 24.3 Å². The van der Waals surface area contributed by atoms with Crippen molar-refractivity contribution in [3.8, 4) is 5.75 Å². The lowest BCUT2D eigenvalue weighted by Crippen LogP contribution is -2.53. The largest absolute Gasteiger partial charge is 0.493 e. The molecule has 0 aromatic heterocycles. The second-order valence-corrected chi connectivity index (χ2v) is 11.4. The van der Waals surface area contributed by atoms with Crippen molar-refractivity contribution in [1.82, 2.24) is 26.2 Å². The Balaban J connectivity index is 1.46. The van der Waals surface area contributed by atoms with Crippen molar-refractivity contribution in [2.24, 2.45) is 5.92 Å². The molecule has 2 aliphatic heterocycles. The fourth-order valence-corrected chi connectivity index (χ4v) is 5.20. The summed E-state index contributed by atoms with van der Waals surface area (Å²) in [5.41, 5.74) is 2.40. The van der Waals surface area contributed by atoms with Gasteiger partial charge in [-0.2, -0.15) is 0 Å². The molecule has 10 heteroatoms. The van der Waals surface area contributed by atoms with E-state index in [0.29, 0.717) is 18.7 Å². The molecule has 4 rings (SSSR count). The zero-order valence-electron chi connectivity index (χ0n) is 24.6. The molecule has 42 heavy (non-hydrogen) atoms. The number of piperidine rings is 1. The monoisotopic (exact) mass is 577 g/mol. The number of para-hydroxylation sites is 1. The fourth-order valence-electron chi connectivity index (χ4n) is 5.20. The highest BCUT2D eigenvalue weighted by atomic mass is 16.5. The van der Waals surface area contributed by atoms with Gasteiger partial charge < -0.3 is 26.0 Å². The molecule has 0 aliphatic carbocycles. The van der Waals surface area contributed by atoms with Gasteiger partial charge >= 0.3 is 0 Å². The van der Waals surface area contributed by atoms with Crippen molar-refractivity contribution in [3.63, 3.8) is 0 Å². The van der Waals surface area contributed by atoms with Crippen molar-refractivity contribution < 1.29 is 23.9 Å². The Morgan fingerprint density at radius 3 is 2.40 bits per heavy atom. The molecule has 0 bridgehead atoms. The molecule has 0 saturated carbocycles. The van der Waals surface area contributed by atoms with E-state index in [4.69, 9.17) is 4.74 Å². The van der Waals surface area contributed by atoms with Crippen LogP contribution in [0.1, 0.15) is 67.4 Å². The van der Waals surface area contributed by atoms with E-state index >= 15 is 0 Å². The summed E-state index contributed by atoms with van der Waals surface area (Å²) in [6.07, 6.45) is 3.97. The zero-order chi connectivity index (χ0) is 29.9. The second-order valence-electron chi connectivity index (χ2n) is 11.4. The molecule has 0 unspecified atom stereocenters. The summed E-state index contributed by atoms with van der Waals surface area (Å²) in [5.74, 6) is -1.64. The maximum atomic E-state index is 13.4. The third kappa shape index (κ3) is 9.04. The summed E-state index contributed by atoms with van der Waals surface area (Å²) in [4.78, 5) is 55.0. The Morgan fingerprint density at radius 1 is 0.952 bits per heavy atom. The Kier molecular flexibility index (Phi) is 11.3. The van der Waals surface area contributed by atoms with Crippen LogP contribution in [-0.2, 0) is 27.5 Å². The summed E-state index contributed by atoms with van der Waals surface area (Å²) in [6, 6.07) is 12.9. The number of hydrogen-bond donors (Lipinski definition) is 4. The summed E-state index contributed by atoms with van der Waals surface area (Å²) < 4.78 is 5.83. The molecule has 2 heterocycles. The van der Waals surface area contributed by atoms with E-state index in [1.165, 1.54) is 24.8 Å². The van der Waals surface area contributed by atoms with E-state index in [-0.39, 0.29) is 37.0 Å². The van der Waals surface area contributed by atoms with E-state index in [0.717, 1.165) is 25.2 Å². The van der Waals surface area contributed by atoms with Crippen LogP contribution in [0, 0.1) is 5.92 Å². The predicted molar refractivity (Wildman–Crippen MR) is 160 cm³/mol. The molecule has 4 N–H and O–H groups in total. The third-order valence-corrected chi connectivity index (χ3v) is 7.63. The van der Waals surface area contributed by atoms with Gasteiger partial charge in [0, 0.05) is 19.6 Å². The number of carbonyl (C=O) groups is 4. The number of ether oxygens (including phenoxy) is 1. The van der Waals surface area contributed by atoms with Crippen molar-refractivity contribution in [3.05, 3.63) is 65.2 Å². The van der Waals surface area contributed by atoms with Crippen LogP contribution >= 0.6 is 0 Å². The van der Waals surface area contributed by atoms with Crippen molar-refractivity contribution in [2.75, 3.05) is 26.2 Å². The lowest BCUT2D eigenvalue weighted by atomic mass is 10.0. The average Bonchev–Trinajstić information content (AvgIpc) is 2.99. The van der Waals surface area contributed by atoms with Crippen molar-refractivity contribution >= 4 is 23.6 Å². The number of carbonyl (C=O) groups excluding carboxylic acids is 4. The Labute approximate surface area is 247 Å². The van der Waals surface area contributed by atoms with Gasteiger partial charge in [-0.15, -0.1) is 0 Å². The SMILES string of the molecule is CC(C)[C@H]1NC(=O)C[C@@H](C(=O)NCc2ccc(CN3CCCCC3)cc2)NC(=O)c2ccccc2OCCCNC1=O. The standard InChI is InChI=1S/C32H43N5O5/c1-22(2)29-32(41)33-15-8-18-42-27-10-5-4-9-25(27)30(39)35-26(19-28(38)36-29)31(40)34-20-23-11-13-24(14-12-23)21-37-16-6-3-7-17-37/h4-5,9-14,22,26,29H,3,6-8,15-21H2,1-2H3,(H,33,41)(H,34,40)(H,35,39)(H,36,38)/t26-,29+/m0/s1. The topological polar surface area (TPSA) is 129 Å². The van der Waals surface area contributed by atoms with Crippen LogP contribution in [0.2, 0.25) is 0 Å². The highest BCUT2D eigenvalue weighted by Crippen LogP contribution is 2.19. The summed E-state index contributed by atoms with van der Waals surface area (Å²) in [5, 5.41) is 11.2. The average molecular weight is 578 g/mol. The number of fused-ring (bicyclic) bond motifs is 1. The first-order chi connectivity index (χ1) is 20.3. The quantitative estimate of drug-likeness (QED) is 0.418. The van der Waals surface area contributed by atoms with Crippen LogP contribution in [-0.4, -0.2) is 66.9 Å². The Morgan fingerprint density at radius 2 is 1.67 bits per heavy atom. The van der Waals surface area contributed by atoms with E-state index in [1.807, 2.05) is 26.0 Å². The molecule has 226 valence electrons. The molecule has 4 amide bonds. The highest BCUT2D eigenvalue weighted by molar-refractivity contribution is 6.01. The molecule has 2 atom stereocenters. The lowest BCUT2D eigenvalue weighted by Gasteiger charge is -2.26. The maximum Gasteiger partial charge on any atom is 0.255 e. The lowest BCUT2D eigenvalue weighted by molar-refractivity contribution is -0.131. The van der Waals surface area contributed by atoms with Crippen LogP contribution in [0.15, 0.2) is 48.5 Å². The summed E-state index contributed by atoms with van der Waals surface area (Å²) in [6.45, 7) is 7.71. The maximum absolute atomic E-state index is 13.4. The minimum Gasteiger partial charge on any atom is -0.493 e. The molecule has 2 aliphatic rings. The van der Waals surface area contributed by atoms with Crippen LogP contribution in [0.3, 0.4) is 0 Å². The summed E-state index contributed by atoms with van der Waals surface area (Å²) >= 11 is 0. The normalized spacial score (nSPS) is 21.1. The molecule has 2 aromatic carbocycles. The number of hydrogen-bond acceptors (Lipinski definition) is 6. The predicted octanol–water partition coefficient (Wildman–Crippen LogP) is 2.52.